The molecule has 0 unspecified atom stereocenters. The van der Waals surface area contributed by atoms with Crippen LogP contribution in [0.25, 0.3) is 0 Å². The van der Waals surface area contributed by atoms with Gasteiger partial charge in [0.1, 0.15) is 0 Å². The number of carbonyl (C=O) groups excluding carboxylic acids is 2. The maximum atomic E-state index is 12.4. The van der Waals surface area contributed by atoms with Crippen LogP contribution in [-0.4, -0.2) is 64.6 Å². The Bertz CT molecular complexity index is 696. The van der Waals surface area contributed by atoms with E-state index in [-0.39, 0.29) is 10.5 Å². The van der Waals surface area contributed by atoms with Gasteiger partial charge in [-0.25, -0.2) is 13.2 Å². The molecule has 0 aromatic heterocycles. The Morgan fingerprint density at radius 1 is 1.16 bits per heavy atom. The molecule has 0 aliphatic carbocycles. The van der Waals surface area contributed by atoms with E-state index in [1.54, 1.807) is 0 Å². The van der Waals surface area contributed by atoms with Crippen molar-refractivity contribution >= 4 is 21.9 Å². The summed E-state index contributed by atoms with van der Waals surface area (Å²) in [6.07, 6.45) is 1.71. The number of methoxy groups -OCH3 is 1. The number of hydrogen-bond donors (Lipinski definition) is 1. The number of esters is 1. The van der Waals surface area contributed by atoms with E-state index in [0.717, 1.165) is 12.8 Å². The fraction of sp³-hybridized carbons (Fsp3) is 0.500. The predicted octanol–water partition coefficient (Wildman–Crippen LogP) is 0.391. The van der Waals surface area contributed by atoms with Gasteiger partial charge in [-0.3, -0.25) is 4.79 Å². The first kappa shape index (κ1) is 19.4. The van der Waals surface area contributed by atoms with Gasteiger partial charge in [0.15, 0.2) is 6.61 Å². The van der Waals surface area contributed by atoms with Crippen molar-refractivity contribution in [2.45, 2.75) is 17.7 Å². The third-order valence-electron chi connectivity index (χ3n) is 3.76. The molecule has 138 valence electrons. The Morgan fingerprint density at radius 2 is 1.80 bits per heavy atom. The number of nitrogens with zero attached hydrogens (tertiary/aromatic N) is 1. The average molecular weight is 370 g/mol. The number of ether oxygens (including phenoxy) is 2. The highest BCUT2D eigenvalue weighted by molar-refractivity contribution is 7.89. The summed E-state index contributed by atoms with van der Waals surface area (Å²) in [6.45, 7) is 1.33. The molecule has 1 aromatic carbocycles. The molecule has 0 atom stereocenters. The molecule has 1 aromatic rings. The van der Waals surface area contributed by atoms with Crippen molar-refractivity contribution in [1.29, 1.82) is 0 Å². The number of nitrogens with one attached hydrogen (secondary N) is 1. The van der Waals surface area contributed by atoms with Gasteiger partial charge < -0.3 is 14.8 Å². The highest BCUT2D eigenvalue weighted by Crippen LogP contribution is 2.21. The van der Waals surface area contributed by atoms with Crippen molar-refractivity contribution in [2.24, 2.45) is 0 Å². The van der Waals surface area contributed by atoms with Crippen molar-refractivity contribution in [2.75, 3.05) is 40.0 Å². The Kier molecular flexibility index (Phi) is 6.91. The van der Waals surface area contributed by atoms with Gasteiger partial charge in [0.05, 0.1) is 17.1 Å². The van der Waals surface area contributed by atoms with Crippen molar-refractivity contribution in [3.05, 3.63) is 29.8 Å². The zero-order valence-corrected chi connectivity index (χ0v) is 14.9. The van der Waals surface area contributed by atoms with Crippen molar-refractivity contribution in [1.82, 2.24) is 9.62 Å². The van der Waals surface area contributed by atoms with Crippen LogP contribution in [0.2, 0.25) is 0 Å². The van der Waals surface area contributed by atoms with Gasteiger partial charge in [-0.15, -0.1) is 0 Å². The molecule has 2 rings (SSSR count). The normalized spacial score (nSPS) is 15.1. The highest BCUT2D eigenvalue weighted by atomic mass is 32.2. The maximum Gasteiger partial charge on any atom is 0.338 e. The van der Waals surface area contributed by atoms with Gasteiger partial charge >= 0.3 is 5.97 Å². The lowest BCUT2D eigenvalue weighted by Gasteiger charge is -2.15. The molecule has 1 amide bonds. The predicted molar refractivity (Wildman–Crippen MR) is 89.6 cm³/mol. The van der Waals surface area contributed by atoms with Crippen LogP contribution < -0.4 is 5.32 Å². The van der Waals surface area contributed by atoms with E-state index < -0.39 is 28.5 Å². The summed E-state index contributed by atoms with van der Waals surface area (Å²) in [5.41, 5.74) is 0.185. The standard InChI is InChI=1S/C16H22N2O6S/c1-23-11-8-17-15(19)12-24-16(20)13-4-6-14(7-5-13)25(21,22)18-9-2-3-10-18/h4-7H,2-3,8-12H2,1H3,(H,17,19). The molecule has 0 saturated carbocycles. The number of sulfonamides is 1. The van der Waals surface area contributed by atoms with Gasteiger partial charge in [0, 0.05) is 26.7 Å². The highest BCUT2D eigenvalue weighted by Gasteiger charge is 2.27. The minimum Gasteiger partial charge on any atom is -0.452 e. The van der Waals surface area contributed by atoms with Crippen molar-refractivity contribution < 1.29 is 27.5 Å². The summed E-state index contributed by atoms with van der Waals surface area (Å²) in [5.74, 6) is -1.12. The van der Waals surface area contributed by atoms with Gasteiger partial charge in [-0.05, 0) is 37.1 Å². The largest absolute Gasteiger partial charge is 0.452 e. The Morgan fingerprint density at radius 3 is 2.40 bits per heavy atom. The first-order chi connectivity index (χ1) is 11.9. The molecule has 1 N–H and O–H groups in total. The van der Waals surface area contributed by atoms with E-state index >= 15 is 0 Å². The molecule has 1 saturated heterocycles. The topological polar surface area (TPSA) is 102 Å². The molecule has 0 radical (unpaired) electrons. The number of rotatable bonds is 8. The summed E-state index contributed by atoms with van der Waals surface area (Å²) >= 11 is 0. The van der Waals surface area contributed by atoms with Crippen molar-refractivity contribution in [3.63, 3.8) is 0 Å². The maximum absolute atomic E-state index is 12.4. The average Bonchev–Trinajstić information content (AvgIpc) is 3.15. The second kappa shape index (κ2) is 8.93. The molecular formula is C16H22N2O6S. The first-order valence-electron chi connectivity index (χ1n) is 7.98. The second-order valence-corrected chi connectivity index (χ2v) is 7.49. The number of amides is 1. The number of benzene rings is 1. The van der Waals surface area contributed by atoms with Crippen LogP contribution in [-0.2, 0) is 24.3 Å². The molecule has 9 heteroatoms. The van der Waals surface area contributed by atoms with E-state index in [0.29, 0.717) is 26.2 Å². The fourth-order valence-corrected chi connectivity index (χ4v) is 3.92. The van der Waals surface area contributed by atoms with Gasteiger partial charge in [0.25, 0.3) is 5.91 Å². The Balaban J connectivity index is 1.90. The van der Waals surface area contributed by atoms with E-state index in [2.05, 4.69) is 5.32 Å². The summed E-state index contributed by atoms with van der Waals surface area (Å²) < 4.78 is 35.9. The molecule has 0 spiro atoms. The third kappa shape index (κ3) is 5.25. The van der Waals surface area contributed by atoms with E-state index in [9.17, 15) is 18.0 Å². The van der Waals surface area contributed by atoms with Crippen LogP contribution in [0, 0.1) is 0 Å². The summed E-state index contributed by atoms with van der Waals surface area (Å²) in [7, 11) is -2.00. The summed E-state index contributed by atoms with van der Waals surface area (Å²) in [5, 5.41) is 2.52. The Hall–Kier alpha value is -1.97. The van der Waals surface area contributed by atoms with Crippen LogP contribution in [0.5, 0.6) is 0 Å². The lowest BCUT2D eigenvalue weighted by Crippen LogP contribution is -2.31. The van der Waals surface area contributed by atoms with E-state index in [1.165, 1.54) is 35.7 Å². The summed E-state index contributed by atoms with van der Waals surface area (Å²) in [6, 6.07) is 5.52. The zero-order valence-electron chi connectivity index (χ0n) is 14.1. The molecule has 1 aliphatic heterocycles. The molecule has 1 fully saturated rings. The minimum atomic E-state index is -3.51. The minimum absolute atomic E-state index is 0.142. The Labute approximate surface area is 147 Å². The summed E-state index contributed by atoms with van der Waals surface area (Å²) in [4.78, 5) is 23.5. The van der Waals surface area contributed by atoms with Gasteiger partial charge in [0.2, 0.25) is 10.0 Å². The van der Waals surface area contributed by atoms with Crippen LogP contribution >= 0.6 is 0 Å². The van der Waals surface area contributed by atoms with Gasteiger partial charge in [-0.1, -0.05) is 0 Å². The molecule has 0 bridgehead atoms. The molecular weight excluding hydrogens is 348 g/mol. The number of carbonyl (C=O) groups is 2. The third-order valence-corrected chi connectivity index (χ3v) is 5.67. The van der Waals surface area contributed by atoms with Crippen LogP contribution in [0.15, 0.2) is 29.2 Å². The zero-order chi connectivity index (χ0) is 18.3. The SMILES string of the molecule is COCCNC(=O)COC(=O)c1ccc(S(=O)(=O)N2CCCC2)cc1. The smallest absolute Gasteiger partial charge is 0.338 e. The van der Waals surface area contributed by atoms with E-state index in [1.807, 2.05) is 0 Å². The lowest BCUT2D eigenvalue weighted by molar-refractivity contribution is -0.124. The monoisotopic (exact) mass is 370 g/mol. The first-order valence-corrected chi connectivity index (χ1v) is 9.42. The molecule has 25 heavy (non-hydrogen) atoms. The molecule has 1 aliphatic rings. The lowest BCUT2D eigenvalue weighted by atomic mass is 10.2. The molecule has 1 heterocycles. The van der Waals surface area contributed by atoms with E-state index in [4.69, 9.17) is 9.47 Å². The second-order valence-electron chi connectivity index (χ2n) is 5.55. The van der Waals surface area contributed by atoms with Crippen molar-refractivity contribution in [3.8, 4) is 0 Å². The molecule has 8 nitrogen and oxygen atoms in total. The fourth-order valence-electron chi connectivity index (χ4n) is 2.40. The van der Waals surface area contributed by atoms with Crippen LogP contribution in [0.4, 0.5) is 0 Å². The van der Waals surface area contributed by atoms with Crippen LogP contribution in [0.1, 0.15) is 23.2 Å². The van der Waals surface area contributed by atoms with Crippen LogP contribution in [0.3, 0.4) is 0 Å². The quantitative estimate of drug-likeness (QED) is 0.525. The number of hydrogen-bond acceptors (Lipinski definition) is 6. The van der Waals surface area contributed by atoms with Gasteiger partial charge in [-0.2, -0.15) is 4.31 Å².